The predicted octanol–water partition coefficient (Wildman–Crippen LogP) is 5.44. The van der Waals surface area contributed by atoms with Crippen LogP contribution in [-0.2, 0) is 6.42 Å². The Morgan fingerprint density at radius 2 is 1.48 bits per heavy atom. The van der Waals surface area contributed by atoms with E-state index in [9.17, 15) is 4.79 Å². The van der Waals surface area contributed by atoms with Crippen LogP contribution in [0.15, 0.2) is 72.8 Å². The van der Waals surface area contributed by atoms with Crippen LogP contribution < -0.4 is 4.74 Å². The molecule has 0 aliphatic carbocycles. The van der Waals surface area contributed by atoms with Crippen molar-refractivity contribution in [2.45, 2.75) is 26.4 Å². The van der Waals surface area contributed by atoms with Gasteiger partial charge in [0.15, 0.2) is 6.10 Å². The first kappa shape index (κ1) is 18.4. The Morgan fingerprint density at radius 3 is 2.00 bits per heavy atom. The molecule has 3 rings (SSSR count). The normalized spacial score (nSPS) is 11.4. The van der Waals surface area contributed by atoms with Crippen molar-refractivity contribution in [1.29, 1.82) is 5.26 Å². The molecule has 0 N–H and O–H groups in total. The summed E-state index contributed by atoms with van der Waals surface area (Å²) in [4.78, 5) is 12.5. The number of ether oxygens (including phenoxy) is 1. The average Bonchev–Trinajstić information content (AvgIpc) is 2.74. The Labute approximate surface area is 159 Å². The summed E-state index contributed by atoms with van der Waals surface area (Å²) in [6.07, 6.45) is 0.393. The number of carbonyl (C=O) groups excluding carboxylic acids is 1. The molecule has 0 aliphatic heterocycles. The van der Waals surface area contributed by atoms with E-state index in [2.05, 4.69) is 13.0 Å². The number of hydrogen-bond donors (Lipinski definition) is 0. The second-order valence-electron chi connectivity index (χ2n) is 6.39. The van der Waals surface area contributed by atoms with E-state index < -0.39 is 6.10 Å². The largest absolute Gasteiger partial charge is 0.483 e. The maximum Gasteiger partial charge on any atom is 0.202 e. The fourth-order valence-electron chi connectivity index (χ4n) is 2.86. The highest BCUT2D eigenvalue weighted by atomic mass is 16.5. The third-order valence-corrected chi connectivity index (χ3v) is 4.53. The van der Waals surface area contributed by atoms with Gasteiger partial charge in [-0.1, -0.05) is 55.5 Å². The van der Waals surface area contributed by atoms with Crippen molar-refractivity contribution in [2.75, 3.05) is 0 Å². The first-order chi connectivity index (χ1) is 13.1. The van der Waals surface area contributed by atoms with Gasteiger partial charge in [0.1, 0.15) is 5.75 Å². The number of hydrogen-bond acceptors (Lipinski definition) is 3. The number of nitriles is 1. The number of aryl methyl sites for hydroxylation is 1. The summed E-state index contributed by atoms with van der Waals surface area (Å²) in [5.74, 6) is 0.618. The van der Waals surface area contributed by atoms with Crippen molar-refractivity contribution in [2.24, 2.45) is 0 Å². The Balaban J connectivity index is 1.67. The van der Waals surface area contributed by atoms with Crippen molar-refractivity contribution in [1.82, 2.24) is 0 Å². The van der Waals surface area contributed by atoms with Crippen molar-refractivity contribution >= 4 is 5.78 Å². The van der Waals surface area contributed by atoms with Crippen molar-refractivity contribution < 1.29 is 9.53 Å². The molecule has 3 nitrogen and oxygen atoms in total. The van der Waals surface area contributed by atoms with Gasteiger partial charge in [-0.05, 0) is 54.3 Å². The lowest BCUT2D eigenvalue weighted by Crippen LogP contribution is -2.23. The molecule has 0 bridgehead atoms. The summed E-state index contributed by atoms with van der Waals surface area (Å²) in [5.41, 5.74) is 4.56. The molecule has 1 atom stereocenters. The van der Waals surface area contributed by atoms with Crippen LogP contribution in [0.3, 0.4) is 0 Å². The summed E-state index contributed by atoms with van der Waals surface area (Å²) >= 11 is 0. The highest BCUT2D eigenvalue weighted by Gasteiger charge is 2.16. The molecule has 0 aromatic heterocycles. The van der Waals surface area contributed by atoms with Gasteiger partial charge < -0.3 is 4.74 Å². The highest BCUT2D eigenvalue weighted by Crippen LogP contribution is 2.23. The van der Waals surface area contributed by atoms with Crippen molar-refractivity contribution in [3.8, 4) is 22.9 Å². The lowest BCUT2D eigenvalue weighted by molar-refractivity contribution is 0.0818. The van der Waals surface area contributed by atoms with Crippen LogP contribution in [0.5, 0.6) is 5.75 Å². The molecule has 134 valence electrons. The number of nitrogens with zero attached hydrogens (tertiary/aromatic N) is 1. The van der Waals surface area contributed by atoms with E-state index >= 15 is 0 Å². The minimum atomic E-state index is -0.557. The van der Waals surface area contributed by atoms with E-state index in [4.69, 9.17) is 10.00 Å². The van der Waals surface area contributed by atoms with E-state index in [0.717, 1.165) is 17.5 Å². The smallest absolute Gasteiger partial charge is 0.202 e. The molecule has 0 fully saturated rings. The molecule has 0 spiro atoms. The standard InChI is InChI=1S/C24H21NO2/c1-3-18-4-10-22(11-5-18)24(26)17(2)27-23-14-12-21(13-15-23)20-8-6-19(16-25)7-9-20/h4-15,17H,3H2,1-2H3/t17-/m0/s1. The second-order valence-corrected chi connectivity index (χ2v) is 6.39. The molecule has 0 radical (unpaired) electrons. The Kier molecular flexibility index (Phi) is 5.68. The first-order valence-corrected chi connectivity index (χ1v) is 9.01. The molecule has 0 aliphatic rings. The lowest BCUT2D eigenvalue weighted by Gasteiger charge is -2.14. The Morgan fingerprint density at radius 1 is 0.926 bits per heavy atom. The average molecular weight is 355 g/mol. The molecule has 0 saturated carbocycles. The fraction of sp³-hybridized carbons (Fsp3) is 0.167. The van der Waals surface area contributed by atoms with Gasteiger partial charge in [-0.15, -0.1) is 0 Å². The minimum absolute atomic E-state index is 0.0335. The monoisotopic (exact) mass is 355 g/mol. The zero-order valence-electron chi connectivity index (χ0n) is 15.5. The van der Waals surface area contributed by atoms with Crippen LogP contribution in [0, 0.1) is 11.3 Å². The number of Topliss-reactive ketones (excluding diaryl/α,β-unsaturated/α-hetero) is 1. The van der Waals surface area contributed by atoms with E-state index in [1.165, 1.54) is 5.56 Å². The number of rotatable bonds is 6. The van der Waals surface area contributed by atoms with E-state index in [0.29, 0.717) is 16.9 Å². The van der Waals surface area contributed by atoms with Gasteiger partial charge in [0.25, 0.3) is 0 Å². The third kappa shape index (κ3) is 4.43. The summed E-state index contributed by atoms with van der Waals surface area (Å²) in [5, 5.41) is 8.88. The molecule has 0 saturated heterocycles. The molecule has 27 heavy (non-hydrogen) atoms. The number of ketones is 1. The van der Waals surface area contributed by atoms with Gasteiger partial charge in [0, 0.05) is 5.56 Å². The van der Waals surface area contributed by atoms with E-state index in [1.807, 2.05) is 60.7 Å². The van der Waals surface area contributed by atoms with Crippen LogP contribution in [0.2, 0.25) is 0 Å². The topological polar surface area (TPSA) is 50.1 Å². The van der Waals surface area contributed by atoms with Gasteiger partial charge in [0.2, 0.25) is 5.78 Å². The molecular formula is C24H21NO2. The summed E-state index contributed by atoms with van der Waals surface area (Å²) < 4.78 is 5.82. The Bertz CT molecular complexity index is 949. The summed E-state index contributed by atoms with van der Waals surface area (Å²) in [6, 6.07) is 24.8. The minimum Gasteiger partial charge on any atom is -0.483 e. The first-order valence-electron chi connectivity index (χ1n) is 9.01. The summed E-state index contributed by atoms with van der Waals surface area (Å²) in [7, 11) is 0. The van der Waals surface area contributed by atoms with Gasteiger partial charge in [0.05, 0.1) is 11.6 Å². The fourth-order valence-corrected chi connectivity index (χ4v) is 2.86. The van der Waals surface area contributed by atoms with Gasteiger partial charge in [-0.25, -0.2) is 0 Å². The zero-order valence-corrected chi connectivity index (χ0v) is 15.5. The third-order valence-electron chi connectivity index (χ3n) is 4.53. The maximum absolute atomic E-state index is 12.5. The van der Waals surface area contributed by atoms with Gasteiger partial charge in [-0.3, -0.25) is 4.79 Å². The molecular weight excluding hydrogens is 334 g/mol. The second kappa shape index (κ2) is 8.33. The van der Waals surface area contributed by atoms with E-state index in [1.54, 1.807) is 19.1 Å². The van der Waals surface area contributed by atoms with E-state index in [-0.39, 0.29) is 5.78 Å². The maximum atomic E-state index is 12.5. The lowest BCUT2D eigenvalue weighted by atomic mass is 10.0. The van der Waals surface area contributed by atoms with Crippen molar-refractivity contribution in [3.05, 3.63) is 89.5 Å². The highest BCUT2D eigenvalue weighted by molar-refractivity contribution is 5.99. The van der Waals surface area contributed by atoms with Crippen LogP contribution >= 0.6 is 0 Å². The van der Waals surface area contributed by atoms with Gasteiger partial charge in [-0.2, -0.15) is 5.26 Å². The molecule has 3 aromatic rings. The predicted molar refractivity (Wildman–Crippen MR) is 107 cm³/mol. The SMILES string of the molecule is CCc1ccc(C(=O)[C@H](C)Oc2ccc(-c3ccc(C#N)cc3)cc2)cc1. The molecule has 3 aromatic carbocycles. The summed E-state index contributed by atoms with van der Waals surface area (Å²) in [6.45, 7) is 3.86. The van der Waals surface area contributed by atoms with Gasteiger partial charge >= 0.3 is 0 Å². The van der Waals surface area contributed by atoms with Crippen LogP contribution in [0.25, 0.3) is 11.1 Å². The molecule has 3 heteroatoms. The van der Waals surface area contributed by atoms with Crippen molar-refractivity contribution in [3.63, 3.8) is 0 Å². The Hall–Kier alpha value is -3.38. The zero-order chi connectivity index (χ0) is 19.2. The number of benzene rings is 3. The van der Waals surface area contributed by atoms with Crippen LogP contribution in [0.1, 0.15) is 35.3 Å². The molecule has 0 amide bonds. The molecule has 0 unspecified atom stereocenters. The van der Waals surface area contributed by atoms with Crippen LogP contribution in [0.4, 0.5) is 0 Å². The molecule has 0 heterocycles. The quantitative estimate of drug-likeness (QED) is 0.553. The number of carbonyl (C=O) groups is 1. The van der Waals surface area contributed by atoms with Crippen LogP contribution in [-0.4, -0.2) is 11.9 Å².